The number of phenolic OH excluding ortho intramolecular Hbond substituents is 1. The van der Waals surface area contributed by atoms with Gasteiger partial charge in [0.2, 0.25) is 0 Å². The molecule has 1 aromatic carbocycles. The highest BCUT2D eigenvalue weighted by Gasteiger charge is 2.33. The van der Waals surface area contributed by atoms with Gasteiger partial charge < -0.3 is 9.84 Å². The summed E-state index contributed by atoms with van der Waals surface area (Å²) in [7, 11) is 0. The second-order valence-corrected chi connectivity index (χ2v) is 2.98. The lowest BCUT2D eigenvalue weighted by molar-refractivity contribution is -0.386. The van der Waals surface area contributed by atoms with Crippen molar-refractivity contribution in [3.63, 3.8) is 0 Å². The van der Waals surface area contributed by atoms with Gasteiger partial charge in [-0.05, 0) is 0 Å². The average Bonchev–Trinajstić information content (AvgIpc) is 2.07. The van der Waals surface area contributed by atoms with E-state index in [2.05, 4.69) is 4.74 Å². The molecule has 0 aromatic heterocycles. The number of hydrogen-bond donors (Lipinski definition) is 1. The molecule has 0 aliphatic heterocycles. The second kappa shape index (κ2) is 4.05. The normalized spacial score (nSPS) is 11.2. The molecule has 0 unspecified atom stereocenters. The summed E-state index contributed by atoms with van der Waals surface area (Å²) in [6.45, 7) is 0. The molecule has 1 rings (SSSR count). The van der Waals surface area contributed by atoms with Gasteiger partial charge in [0.05, 0.1) is 16.0 Å². The Morgan fingerprint density at radius 3 is 2.44 bits per heavy atom. The van der Waals surface area contributed by atoms with Crippen LogP contribution in [0.4, 0.5) is 18.9 Å². The summed E-state index contributed by atoms with van der Waals surface area (Å²) < 4.78 is 39.0. The summed E-state index contributed by atoms with van der Waals surface area (Å²) in [6, 6.07) is 0.992. The number of hydrogen-bond acceptors (Lipinski definition) is 4. The first-order valence-electron chi connectivity index (χ1n) is 3.63. The minimum atomic E-state index is -5.02. The third kappa shape index (κ3) is 2.89. The van der Waals surface area contributed by atoms with E-state index in [1.807, 2.05) is 0 Å². The van der Waals surface area contributed by atoms with Crippen LogP contribution in [-0.4, -0.2) is 16.4 Å². The lowest BCUT2D eigenvalue weighted by Gasteiger charge is -2.10. The van der Waals surface area contributed by atoms with E-state index in [0.717, 1.165) is 0 Å². The van der Waals surface area contributed by atoms with Crippen molar-refractivity contribution in [3.8, 4) is 11.5 Å². The molecule has 0 radical (unpaired) electrons. The van der Waals surface area contributed by atoms with Crippen LogP contribution in [0.5, 0.6) is 11.5 Å². The monoisotopic (exact) mass is 257 g/mol. The van der Waals surface area contributed by atoms with Crippen molar-refractivity contribution >= 4 is 17.3 Å². The van der Waals surface area contributed by atoms with Crippen molar-refractivity contribution in [1.82, 2.24) is 0 Å². The summed E-state index contributed by atoms with van der Waals surface area (Å²) in [6.07, 6.45) is -5.02. The maximum atomic E-state index is 11.8. The molecule has 9 heteroatoms. The maximum Gasteiger partial charge on any atom is 0.573 e. The first-order chi connectivity index (χ1) is 7.20. The Labute approximate surface area is 91.2 Å². The van der Waals surface area contributed by atoms with Gasteiger partial charge in [0.25, 0.3) is 0 Å². The van der Waals surface area contributed by atoms with E-state index in [9.17, 15) is 23.3 Å². The molecular weight excluding hydrogens is 255 g/mol. The van der Waals surface area contributed by atoms with Crippen LogP contribution in [-0.2, 0) is 0 Å². The van der Waals surface area contributed by atoms with E-state index in [1.54, 1.807) is 0 Å². The zero-order valence-electron chi connectivity index (χ0n) is 7.29. The average molecular weight is 258 g/mol. The summed E-state index contributed by atoms with van der Waals surface area (Å²) in [5.74, 6) is -1.79. The number of nitro groups is 1. The van der Waals surface area contributed by atoms with Crippen LogP contribution in [0.25, 0.3) is 0 Å². The van der Waals surface area contributed by atoms with Gasteiger partial charge >= 0.3 is 12.0 Å². The molecule has 0 spiro atoms. The van der Waals surface area contributed by atoms with Crippen LogP contribution in [0, 0.1) is 10.1 Å². The van der Waals surface area contributed by atoms with Gasteiger partial charge in [-0.3, -0.25) is 10.1 Å². The zero-order valence-corrected chi connectivity index (χ0v) is 8.04. The van der Waals surface area contributed by atoms with Gasteiger partial charge in [0.1, 0.15) is 0 Å². The molecule has 0 fully saturated rings. The first-order valence-corrected chi connectivity index (χ1v) is 4.01. The highest BCUT2D eigenvalue weighted by Crippen LogP contribution is 2.38. The first kappa shape index (κ1) is 12.4. The van der Waals surface area contributed by atoms with Crippen molar-refractivity contribution in [2.24, 2.45) is 0 Å². The molecule has 0 amide bonds. The number of alkyl halides is 3. The molecule has 0 heterocycles. The van der Waals surface area contributed by atoms with Crippen molar-refractivity contribution in [2.75, 3.05) is 0 Å². The molecule has 16 heavy (non-hydrogen) atoms. The van der Waals surface area contributed by atoms with Gasteiger partial charge in [-0.2, -0.15) is 0 Å². The molecule has 88 valence electrons. The fraction of sp³-hybridized carbons (Fsp3) is 0.143. The lowest BCUT2D eigenvalue weighted by atomic mass is 10.3. The predicted molar refractivity (Wildman–Crippen MR) is 46.5 cm³/mol. The lowest BCUT2D eigenvalue weighted by Crippen LogP contribution is -2.17. The Morgan fingerprint density at radius 2 is 2.00 bits per heavy atom. The highest BCUT2D eigenvalue weighted by molar-refractivity contribution is 6.32. The van der Waals surface area contributed by atoms with Gasteiger partial charge in [-0.15, -0.1) is 13.2 Å². The highest BCUT2D eigenvalue weighted by atomic mass is 35.5. The molecule has 5 nitrogen and oxygen atoms in total. The molecule has 1 N–H and O–H groups in total. The van der Waals surface area contributed by atoms with Crippen molar-refractivity contribution in [1.29, 1.82) is 0 Å². The van der Waals surface area contributed by atoms with E-state index in [1.165, 1.54) is 0 Å². The predicted octanol–water partition coefficient (Wildman–Crippen LogP) is 2.85. The molecular formula is C7H3ClF3NO4. The smallest absolute Gasteiger partial charge is 0.502 e. The van der Waals surface area contributed by atoms with Crippen LogP contribution in [0.3, 0.4) is 0 Å². The molecule has 0 aliphatic carbocycles. The van der Waals surface area contributed by atoms with Crippen molar-refractivity contribution < 1.29 is 27.9 Å². The van der Waals surface area contributed by atoms with Gasteiger partial charge in [0, 0.05) is 6.07 Å². The number of rotatable bonds is 2. The number of halogens is 4. The van der Waals surface area contributed by atoms with E-state index >= 15 is 0 Å². The number of nitrogens with zero attached hydrogens (tertiary/aromatic N) is 1. The number of ether oxygens (including phenoxy) is 1. The summed E-state index contributed by atoms with van der Waals surface area (Å²) in [5, 5.41) is 18.8. The number of nitro benzene ring substituents is 1. The summed E-state index contributed by atoms with van der Waals surface area (Å²) in [5.41, 5.74) is -0.927. The molecule has 0 bridgehead atoms. The Hall–Kier alpha value is -1.70. The maximum absolute atomic E-state index is 11.8. The number of aromatic hydroxyl groups is 1. The van der Waals surface area contributed by atoms with Crippen molar-refractivity contribution in [3.05, 3.63) is 27.3 Å². The number of phenols is 1. The minimum absolute atomic E-state index is 0.394. The number of benzene rings is 1. The van der Waals surface area contributed by atoms with E-state index in [4.69, 9.17) is 16.7 Å². The minimum Gasteiger partial charge on any atom is -0.502 e. The topological polar surface area (TPSA) is 72.6 Å². The third-order valence-electron chi connectivity index (χ3n) is 1.45. The van der Waals surface area contributed by atoms with E-state index in [-0.39, 0.29) is 0 Å². The van der Waals surface area contributed by atoms with Crippen LogP contribution < -0.4 is 4.74 Å². The van der Waals surface area contributed by atoms with Crippen LogP contribution in [0.1, 0.15) is 0 Å². The third-order valence-corrected chi connectivity index (χ3v) is 1.75. The fourth-order valence-electron chi connectivity index (χ4n) is 0.881. The molecule has 0 atom stereocenters. The summed E-state index contributed by atoms with van der Waals surface area (Å²) in [4.78, 5) is 9.26. The Bertz CT molecular complexity index is 434. The van der Waals surface area contributed by atoms with Crippen LogP contribution in [0.15, 0.2) is 12.1 Å². The largest absolute Gasteiger partial charge is 0.573 e. The van der Waals surface area contributed by atoms with Gasteiger partial charge in [-0.1, -0.05) is 11.6 Å². The van der Waals surface area contributed by atoms with E-state index in [0.29, 0.717) is 12.1 Å². The van der Waals surface area contributed by atoms with Crippen LogP contribution >= 0.6 is 11.6 Å². The summed E-state index contributed by atoms with van der Waals surface area (Å²) >= 11 is 5.30. The standard InChI is InChI=1S/C7H3ClF3NO4/c8-3-1-5(13)4(12(14)15)2-6(3)16-7(9,10)11/h1-2,13H. The molecule has 0 saturated heterocycles. The molecule has 0 aliphatic rings. The van der Waals surface area contributed by atoms with Gasteiger partial charge in [0.15, 0.2) is 11.5 Å². The fourth-order valence-corrected chi connectivity index (χ4v) is 1.08. The van der Waals surface area contributed by atoms with Crippen LogP contribution in [0.2, 0.25) is 5.02 Å². The second-order valence-electron chi connectivity index (χ2n) is 2.58. The molecule has 1 aromatic rings. The Morgan fingerprint density at radius 1 is 1.44 bits per heavy atom. The quantitative estimate of drug-likeness (QED) is 0.653. The SMILES string of the molecule is O=[N+]([O-])c1cc(OC(F)(F)F)c(Cl)cc1O. The Kier molecular flexibility index (Phi) is 3.13. The zero-order chi connectivity index (χ0) is 12.5. The Balaban J connectivity index is 3.20. The van der Waals surface area contributed by atoms with Crippen molar-refractivity contribution in [2.45, 2.75) is 6.36 Å². The van der Waals surface area contributed by atoms with Gasteiger partial charge in [-0.25, -0.2) is 0 Å². The van der Waals surface area contributed by atoms with E-state index < -0.39 is 33.5 Å². The molecule has 0 saturated carbocycles.